The molecule has 0 bridgehead atoms. The summed E-state index contributed by atoms with van der Waals surface area (Å²) in [5, 5.41) is 0. The van der Waals surface area contributed by atoms with Crippen molar-refractivity contribution in [2.24, 2.45) is 0 Å². The molecule has 5 heteroatoms. The molecule has 1 saturated heterocycles. The molecule has 1 fully saturated rings. The first kappa shape index (κ1) is 18.0. The number of likely N-dealkylation sites (N-methyl/N-ethyl adjacent to an activating group) is 1. The Kier molecular flexibility index (Phi) is 5.56. The van der Waals surface area contributed by atoms with E-state index in [9.17, 15) is 9.59 Å². The van der Waals surface area contributed by atoms with Gasteiger partial charge in [-0.3, -0.25) is 9.59 Å². The highest BCUT2D eigenvalue weighted by Gasteiger charge is 2.22. The highest BCUT2D eigenvalue weighted by molar-refractivity contribution is 5.99. The normalized spacial score (nSPS) is 13.8. The molecule has 3 rings (SSSR count). The zero-order chi connectivity index (χ0) is 18.5. The van der Waals surface area contributed by atoms with E-state index in [0.29, 0.717) is 25.1 Å². The predicted octanol–water partition coefficient (Wildman–Crippen LogP) is 3.27. The van der Waals surface area contributed by atoms with Crippen LogP contribution in [0.15, 0.2) is 48.5 Å². The average Bonchev–Trinajstić information content (AvgIpc) is 3.08. The lowest BCUT2D eigenvalue weighted by atomic mass is 10.1. The first-order chi connectivity index (χ1) is 12.6. The maximum Gasteiger partial charge on any atom is 0.253 e. The highest BCUT2D eigenvalue weighted by atomic mass is 16.5. The molecule has 0 aromatic heterocycles. The van der Waals surface area contributed by atoms with E-state index in [1.54, 1.807) is 29.0 Å². The number of carbonyl (C=O) groups excluding carboxylic acids is 2. The minimum Gasteiger partial charge on any atom is -0.491 e. The van der Waals surface area contributed by atoms with Gasteiger partial charge in [-0.15, -0.1) is 0 Å². The number of carbonyl (C=O) groups is 2. The Morgan fingerprint density at radius 1 is 1.19 bits per heavy atom. The van der Waals surface area contributed by atoms with Crippen molar-refractivity contribution < 1.29 is 14.3 Å². The van der Waals surface area contributed by atoms with Gasteiger partial charge in [0, 0.05) is 31.3 Å². The maximum absolute atomic E-state index is 12.7. The van der Waals surface area contributed by atoms with Gasteiger partial charge in [0.25, 0.3) is 5.91 Å². The van der Waals surface area contributed by atoms with Crippen molar-refractivity contribution in [2.45, 2.75) is 19.8 Å². The summed E-state index contributed by atoms with van der Waals surface area (Å²) in [5.74, 6) is 0.879. The maximum atomic E-state index is 12.7. The summed E-state index contributed by atoms with van der Waals surface area (Å²) >= 11 is 0. The number of hydrogen-bond donors (Lipinski definition) is 0. The average molecular weight is 352 g/mol. The first-order valence-electron chi connectivity index (χ1n) is 8.90. The molecule has 26 heavy (non-hydrogen) atoms. The molecule has 136 valence electrons. The minimum atomic E-state index is -0.0770. The fourth-order valence-electron chi connectivity index (χ4n) is 3.06. The first-order valence-corrected chi connectivity index (χ1v) is 8.90. The van der Waals surface area contributed by atoms with Crippen LogP contribution in [-0.4, -0.2) is 43.5 Å². The van der Waals surface area contributed by atoms with Crippen LogP contribution in [0.2, 0.25) is 0 Å². The van der Waals surface area contributed by atoms with Crippen molar-refractivity contribution >= 4 is 17.5 Å². The Bertz CT molecular complexity index is 803. The molecule has 1 aliphatic rings. The number of anilines is 1. The predicted molar refractivity (Wildman–Crippen MR) is 102 cm³/mol. The van der Waals surface area contributed by atoms with E-state index in [-0.39, 0.29) is 11.8 Å². The summed E-state index contributed by atoms with van der Waals surface area (Å²) in [6, 6.07) is 15.1. The summed E-state index contributed by atoms with van der Waals surface area (Å²) in [6.07, 6.45) is 1.45. The quantitative estimate of drug-likeness (QED) is 0.802. The molecule has 0 N–H and O–H groups in total. The van der Waals surface area contributed by atoms with Gasteiger partial charge in [-0.2, -0.15) is 0 Å². The number of amides is 2. The topological polar surface area (TPSA) is 49.9 Å². The summed E-state index contributed by atoms with van der Waals surface area (Å²) in [7, 11) is 1.76. The van der Waals surface area contributed by atoms with Gasteiger partial charge in [0.05, 0.1) is 6.54 Å². The summed E-state index contributed by atoms with van der Waals surface area (Å²) in [6.45, 7) is 3.63. The zero-order valence-electron chi connectivity index (χ0n) is 15.3. The van der Waals surface area contributed by atoms with Gasteiger partial charge in [-0.1, -0.05) is 24.3 Å². The van der Waals surface area contributed by atoms with Crippen LogP contribution in [0.4, 0.5) is 5.69 Å². The van der Waals surface area contributed by atoms with Crippen molar-refractivity contribution in [1.82, 2.24) is 4.90 Å². The van der Waals surface area contributed by atoms with Gasteiger partial charge in [-0.25, -0.2) is 0 Å². The Hall–Kier alpha value is -2.82. The fourth-order valence-corrected chi connectivity index (χ4v) is 3.06. The van der Waals surface area contributed by atoms with Crippen LogP contribution in [0.25, 0.3) is 0 Å². The monoisotopic (exact) mass is 352 g/mol. The standard InChI is InChI=1S/C21H24N2O3/c1-16-7-3-4-10-19(16)26-14-13-22(2)21(25)17-8-5-9-18(15-17)23-12-6-11-20(23)24/h3-5,7-10,15H,6,11-14H2,1-2H3. The van der Waals surface area contributed by atoms with Gasteiger partial charge in [0.15, 0.2) is 0 Å². The number of rotatable bonds is 6. The second kappa shape index (κ2) is 8.04. The molecular formula is C21H24N2O3. The van der Waals surface area contributed by atoms with Crippen molar-refractivity contribution in [3.8, 4) is 5.75 Å². The van der Waals surface area contributed by atoms with E-state index in [1.807, 2.05) is 43.3 Å². The molecule has 2 amide bonds. The SMILES string of the molecule is Cc1ccccc1OCCN(C)C(=O)c1cccc(N2CCCC2=O)c1. The van der Waals surface area contributed by atoms with Gasteiger partial charge >= 0.3 is 0 Å². The minimum absolute atomic E-state index is 0.0770. The molecule has 5 nitrogen and oxygen atoms in total. The van der Waals surface area contributed by atoms with E-state index in [0.717, 1.165) is 30.0 Å². The largest absolute Gasteiger partial charge is 0.491 e. The zero-order valence-corrected chi connectivity index (χ0v) is 15.3. The van der Waals surface area contributed by atoms with Crippen LogP contribution in [-0.2, 0) is 4.79 Å². The molecule has 0 spiro atoms. The second-order valence-electron chi connectivity index (χ2n) is 6.54. The molecule has 1 heterocycles. The molecular weight excluding hydrogens is 328 g/mol. The summed E-state index contributed by atoms with van der Waals surface area (Å²) in [5.41, 5.74) is 2.45. The molecule has 0 saturated carbocycles. The van der Waals surface area contributed by atoms with Gasteiger partial charge in [-0.05, 0) is 43.2 Å². The van der Waals surface area contributed by atoms with Gasteiger partial charge in [0.2, 0.25) is 5.91 Å². The van der Waals surface area contributed by atoms with Gasteiger partial charge in [0.1, 0.15) is 12.4 Å². The number of benzene rings is 2. The lowest BCUT2D eigenvalue weighted by Gasteiger charge is -2.20. The van der Waals surface area contributed by atoms with E-state index < -0.39 is 0 Å². The van der Waals surface area contributed by atoms with E-state index in [1.165, 1.54) is 0 Å². The van der Waals surface area contributed by atoms with Gasteiger partial charge < -0.3 is 14.5 Å². The second-order valence-corrected chi connectivity index (χ2v) is 6.54. The van der Waals surface area contributed by atoms with Crippen LogP contribution in [0.1, 0.15) is 28.8 Å². The van der Waals surface area contributed by atoms with E-state index in [2.05, 4.69) is 0 Å². The lowest BCUT2D eigenvalue weighted by Crippen LogP contribution is -2.31. The smallest absolute Gasteiger partial charge is 0.253 e. The Balaban J connectivity index is 1.60. The van der Waals surface area contributed by atoms with Crippen LogP contribution in [0.3, 0.4) is 0 Å². The van der Waals surface area contributed by atoms with Crippen LogP contribution in [0, 0.1) is 6.92 Å². The third kappa shape index (κ3) is 4.04. The van der Waals surface area contributed by atoms with Crippen LogP contribution < -0.4 is 9.64 Å². The number of nitrogens with zero attached hydrogens (tertiary/aromatic N) is 2. The highest BCUT2D eigenvalue weighted by Crippen LogP contribution is 2.23. The van der Waals surface area contributed by atoms with Crippen LogP contribution >= 0.6 is 0 Å². The summed E-state index contributed by atoms with van der Waals surface area (Å²) < 4.78 is 5.77. The Morgan fingerprint density at radius 2 is 2.00 bits per heavy atom. The third-order valence-electron chi connectivity index (χ3n) is 4.60. The molecule has 0 unspecified atom stereocenters. The number of aryl methyl sites for hydroxylation is 1. The van der Waals surface area contributed by atoms with Crippen LogP contribution in [0.5, 0.6) is 5.75 Å². The summed E-state index contributed by atoms with van der Waals surface area (Å²) in [4.78, 5) is 28.0. The number of para-hydroxylation sites is 1. The van der Waals surface area contributed by atoms with Crippen molar-refractivity contribution in [1.29, 1.82) is 0 Å². The fraction of sp³-hybridized carbons (Fsp3) is 0.333. The van der Waals surface area contributed by atoms with Crippen molar-refractivity contribution in [2.75, 3.05) is 31.6 Å². The molecule has 0 radical (unpaired) electrons. The lowest BCUT2D eigenvalue weighted by molar-refractivity contribution is -0.117. The van der Waals surface area contributed by atoms with Crippen molar-refractivity contribution in [3.05, 3.63) is 59.7 Å². The van der Waals surface area contributed by atoms with Crippen molar-refractivity contribution in [3.63, 3.8) is 0 Å². The Morgan fingerprint density at radius 3 is 2.73 bits per heavy atom. The third-order valence-corrected chi connectivity index (χ3v) is 4.60. The molecule has 1 aliphatic heterocycles. The molecule has 0 aliphatic carbocycles. The number of hydrogen-bond acceptors (Lipinski definition) is 3. The van der Waals surface area contributed by atoms with E-state index >= 15 is 0 Å². The Labute approximate surface area is 154 Å². The molecule has 0 atom stereocenters. The van der Waals surface area contributed by atoms with E-state index in [4.69, 9.17) is 4.74 Å². The molecule has 2 aromatic rings. The molecule has 2 aromatic carbocycles. The number of ether oxygens (including phenoxy) is 1.